The number of hydrogen-bond acceptors (Lipinski definition) is 17. The number of fused-ring (bicyclic) bond motifs is 2. The first kappa shape index (κ1) is 52.4. The van der Waals surface area contributed by atoms with Crippen molar-refractivity contribution >= 4 is 55.9 Å². The van der Waals surface area contributed by atoms with Crippen LogP contribution in [0.2, 0.25) is 0 Å². The number of amides is 2. The molecule has 5 aromatic rings. The van der Waals surface area contributed by atoms with Crippen LogP contribution in [0.5, 0.6) is 5.88 Å². The minimum absolute atomic E-state index is 0.0182. The molecule has 0 saturated carbocycles. The van der Waals surface area contributed by atoms with Gasteiger partial charge in [0, 0.05) is 80.6 Å². The first-order valence-corrected chi connectivity index (χ1v) is 28.1. The fraction of sp³-hybridized carbons (Fsp3) is 0.415. The van der Waals surface area contributed by atoms with Gasteiger partial charge in [-0.05, 0) is 73.4 Å². The van der Waals surface area contributed by atoms with Crippen molar-refractivity contribution in [3.8, 4) is 16.3 Å². The van der Waals surface area contributed by atoms with E-state index in [0.717, 1.165) is 40.2 Å². The number of unbranched alkanes of at least 4 members (excludes halogenated alkanes) is 2. The number of halogens is 2. The number of carbonyl (C=O) groups is 2. The number of aromatic nitrogens is 4. The average Bonchev–Trinajstić information content (AvgIpc) is 4.28. The molecule has 8 heterocycles. The molecule has 0 spiro atoms. The lowest BCUT2D eigenvalue weighted by molar-refractivity contribution is -0.134. The molecule has 1 fully saturated rings. The molecule has 4 aromatic heterocycles. The van der Waals surface area contributed by atoms with Gasteiger partial charge in [0.25, 0.3) is 17.3 Å². The van der Waals surface area contributed by atoms with Crippen LogP contribution in [0.15, 0.2) is 97.6 Å². The molecule has 10 rings (SSSR count). The number of amidine groups is 1. The van der Waals surface area contributed by atoms with Crippen molar-refractivity contribution < 1.29 is 46.0 Å². The fourth-order valence-electron chi connectivity index (χ4n) is 10.7. The summed E-state index contributed by atoms with van der Waals surface area (Å²) in [5.41, 5.74) is 7.87. The number of ether oxygens (including phenoxy) is 1. The molecule has 4 aliphatic heterocycles. The number of aliphatic hydroxyl groups excluding tert-OH is 1. The predicted molar refractivity (Wildman–Crippen MR) is 280 cm³/mol. The van der Waals surface area contributed by atoms with E-state index in [0.29, 0.717) is 60.7 Å². The highest BCUT2D eigenvalue weighted by Gasteiger charge is 2.47. The highest BCUT2D eigenvalue weighted by molar-refractivity contribution is 7.91. The standard InChI is InChI=1S/C53H58F2N10O9S2/c1-28(2)42(52(69)65-24-33(66)21-39(65)48-60-53(4,74-62-48)31-12-10-30(11-13-31)47-29(3)59-27-75-47)40-22-41(61-73-40)72-19-9-7-8-16-57-50(67)43-35-25-64(49-37(55)20-32(54)23-58-49)38-14-17-56-46(44(35)38)45-34(15-18-63(5)51(45)68)36(43)26-76(6,70)71/h10-13,15,18,20,22-23,25,27-28,33,38-39,42,56,66H,7-9,14,16-17,19,21,24,26H2,1-6H3,(H,57,67)(H,60,62)/t33-,38?,39?,42-,53-/m1/s1. The smallest absolute Gasteiger partial charge is 0.260 e. The Morgan fingerprint density at radius 3 is 2.61 bits per heavy atom. The van der Waals surface area contributed by atoms with E-state index in [1.54, 1.807) is 35.4 Å². The summed E-state index contributed by atoms with van der Waals surface area (Å²) in [6.07, 6.45) is 6.48. The zero-order chi connectivity index (χ0) is 53.8. The summed E-state index contributed by atoms with van der Waals surface area (Å²) in [6, 6.07) is 10.6. The molecule has 1 aromatic carbocycles. The number of pyridine rings is 2. The highest BCUT2D eigenvalue weighted by atomic mass is 32.2. The fourth-order valence-corrected chi connectivity index (χ4v) is 12.4. The maximum atomic E-state index is 15.4. The molecule has 23 heteroatoms. The second kappa shape index (κ2) is 20.8. The van der Waals surface area contributed by atoms with Crippen molar-refractivity contribution in [1.29, 1.82) is 0 Å². The number of aliphatic hydroxyl groups is 1. The zero-order valence-electron chi connectivity index (χ0n) is 42.7. The number of hydroxylamine groups is 1. The van der Waals surface area contributed by atoms with Gasteiger partial charge in [0.15, 0.2) is 27.2 Å². The molecule has 0 radical (unpaired) electrons. The lowest BCUT2D eigenvalue weighted by atomic mass is 9.89. The summed E-state index contributed by atoms with van der Waals surface area (Å²) in [6.45, 7) is 8.47. The summed E-state index contributed by atoms with van der Waals surface area (Å²) >= 11 is 1.57. The quantitative estimate of drug-likeness (QED) is 0.0825. The molecule has 0 bridgehead atoms. The molecular weight excluding hydrogens is 1020 g/mol. The van der Waals surface area contributed by atoms with Gasteiger partial charge in [-0.25, -0.2) is 42.5 Å². The number of hydrogen-bond donors (Lipinski definition) is 4. The van der Waals surface area contributed by atoms with Gasteiger partial charge in [-0.15, -0.1) is 11.3 Å². The number of aliphatic imine (C=N–C) groups is 1. The van der Waals surface area contributed by atoms with Crippen LogP contribution in [0, 0.1) is 24.5 Å². The van der Waals surface area contributed by atoms with Crippen LogP contribution in [-0.2, 0) is 37.0 Å². The van der Waals surface area contributed by atoms with E-state index in [9.17, 15) is 32.3 Å². The van der Waals surface area contributed by atoms with E-state index in [2.05, 4.69) is 31.2 Å². The number of rotatable bonds is 17. The molecule has 4 N–H and O–H groups in total. The summed E-state index contributed by atoms with van der Waals surface area (Å²) in [4.78, 5) is 66.6. The number of likely N-dealkylation sites (tertiary alicyclic amines) is 1. The maximum absolute atomic E-state index is 15.4. The van der Waals surface area contributed by atoms with Gasteiger partial charge in [-0.2, -0.15) is 0 Å². The monoisotopic (exact) mass is 1080 g/mol. The van der Waals surface area contributed by atoms with Crippen molar-refractivity contribution in [2.24, 2.45) is 18.0 Å². The number of thiazole rings is 1. The number of sulfone groups is 1. The number of aryl methyl sites for hydroxylation is 2. The lowest BCUT2D eigenvalue weighted by Crippen LogP contribution is -2.46. The minimum atomic E-state index is -3.81. The van der Waals surface area contributed by atoms with E-state index in [1.807, 2.05) is 57.5 Å². The van der Waals surface area contributed by atoms with Crippen LogP contribution < -0.4 is 31.3 Å². The minimum Gasteiger partial charge on any atom is -0.476 e. The molecule has 19 nitrogen and oxygen atoms in total. The zero-order valence-corrected chi connectivity index (χ0v) is 44.4. The van der Waals surface area contributed by atoms with Crippen molar-refractivity contribution in [2.45, 2.75) is 89.6 Å². The Morgan fingerprint density at radius 2 is 1.88 bits per heavy atom. The Labute approximate surface area is 441 Å². The number of anilines is 1. The topological polar surface area (TPSA) is 236 Å². The molecule has 2 unspecified atom stereocenters. The molecular formula is C53H58F2N10O9S2. The molecule has 1 saturated heterocycles. The Bertz CT molecular complexity index is 3420. The molecule has 400 valence electrons. The van der Waals surface area contributed by atoms with Gasteiger partial charge in [0.2, 0.25) is 11.6 Å². The third-order valence-corrected chi connectivity index (χ3v) is 16.2. The predicted octanol–water partition coefficient (Wildman–Crippen LogP) is 5.64. The third-order valence-electron chi connectivity index (χ3n) is 14.4. The van der Waals surface area contributed by atoms with E-state index < -0.39 is 68.5 Å². The second-order valence-electron chi connectivity index (χ2n) is 20.3. The van der Waals surface area contributed by atoms with Gasteiger partial charge in [0.05, 0.1) is 69.7 Å². The molecule has 5 aliphatic rings. The maximum Gasteiger partial charge on any atom is 0.260 e. The van der Waals surface area contributed by atoms with Crippen molar-refractivity contribution in [3.63, 3.8) is 0 Å². The molecule has 76 heavy (non-hydrogen) atoms. The van der Waals surface area contributed by atoms with Gasteiger partial charge in [0.1, 0.15) is 17.6 Å². The van der Waals surface area contributed by atoms with Crippen LogP contribution >= 0.6 is 11.3 Å². The number of nitrogens with one attached hydrogen (secondary N) is 3. The van der Waals surface area contributed by atoms with Crippen molar-refractivity contribution in [1.82, 2.24) is 40.7 Å². The van der Waals surface area contributed by atoms with Crippen LogP contribution in [0.3, 0.4) is 0 Å². The van der Waals surface area contributed by atoms with E-state index in [-0.39, 0.29) is 71.9 Å². The van der Waals surface area contributed by atoms with Crippen LogP contribution in [0.1, 0.15) is 86.9 Å². The molecule has 5 atom stereocenters. The second-order valence-corrected chi connectivity index (χ2v) is 23.2. The Hall–Kier alpha value is -7.08. The van der Waals surface area contributed by atoms with Gasteiger partial charge < -0.3 is 39.4 Å². The summed E-state index contributed by atoms with van der Waals surface area (Å²) in [7, 11) is -2.23. The molecule has 1 aliphatic carbocycles. The summed E-state index contributed by atoms with van der Waals surface area (Å²) in [5.74, 6) is -3.48. The number of benzene rings is 1. The Morgan fingerprint density at radius 1 is 1.09 bits per heavy atom. The lowest BCUT2D eigenvalue weighted by Gasteiger charge is -2.32. The van der Waals surface area contributed by atoms with E-state index in [1.165, 1.54) is 21.9 Å². The van der Waals surface area contributed by atoms with Crippen LogP contribution in [0.4, 0.5) is 14.6 Å². The summed E-state index contributed by atoms with van der Waals surface area (Å²) in [5, 5.41) is 21.3. The highest BCUT2D eigenvalue weighted by Crippen LogP contribution is 2.47. The molecule has 2 amide bonds. The SMILES string of the molecule is Cc1ncsc1-c1ccc([C@]2(C)N=C(C3C[C@@H](O)CN3C(=O)[C@@H](c3cc(OCCCCCNC(=O)C4=C(CS(C)(=O)=O)c5ccn(C)c(=O)c5C5=C6C4=CN(c4ncc(F)cc4F)C6CCN5)no3)C(C)C)NO2)cc1. The first-order chi connectivity index (χ1) is 36.3. The van der Waals surface area contributed by atoms with Gasteiger partial charge in [-0.3, -0.25) is 14.4 Å². The number of β-amino-alcohol motifs (C(OH)–C–C–N with tert-alkyl or cyclic N) is 1. The third kappa shape index (κ3) is 10.1. The first-order valence-electron chi connectivity index (χ1n) is 25.1. The van der Waals surface area contributed by atoms with E-state index in [4.69, 9.17) is 19.1 Å². The van der Waals surface area contributed by atoms with Crippen LogP contribution in [-0.4, -0.2) is 112 Å². The van der Waals surface area contributed by atoms with Crippen molar-refractivity contribution in [2.75, 3.05) is 43.1 Å². The summed E-state index contributed by atoms with van der Waals surface area (Å²) < 4.78 is 68.8. The number of nitrogens with zero attached hydrogens (tertiary/aromatic N) is 7. The largest absolute Gasteiger partial charge is 0.476 e. The average molecular weight is 1080 g/mol. The normalized spacial score (nSPS) is 21.5. The Balaban J connectivity index is 0.791. The van der Waals surface area contributed by atoms with Crippen LogP contribution in [0.25, 0.3) is 21.7 Å². The Kier molecular flexibility index (Phi) is 14.3. The van der Waals surface area contributed by atoms with E-state index >= 15 is 4.39 Å². The van der Waals surface area contributed by atoms with Gasteiger partial charge in [-0.1, -0.05) is 38.1 Å². The van der Waals surface area contributed by atoms with Gasteiger partial charge >= 0.3 is 0 Å². The number of carbonyl (C=O) groups excluding carboxylic acids is 2. The van der Waals surface area contributed by atoms with Crippen molar-refractivity contribution in [3.05, 3.63) is 133 Å².